The molecule has 1 aliphatic heterocycles. The smallest absolute Gasteiger partial charge is 0.276 e. The lowest BCUT2D eigenvalue weighted by Crippen LogP contribution is -2.26. The van der Waals surface area contributed by atoms with E-state index in [1.807, 2.05) is 11.6 Å². The van der Waals surface area contributed by atoms with Crippen LogP contribution in [0.25, 0.3) is 10.6 Å². The first-order valence-electron chi connectivity index (χ1n) is 9.11. The van der Waals surface area contributed by atoms with Gasteiger partial charge in [-0.3, -0.25) is 10.1 Å². The average molecular weight is 399 g/mol. The fourth-order valence-corrected chi connectivity index (χ4v) is 5.23. The lowest BCUT2D eigenvalue weighted by Gasteiger charge is -2.20. The molecular formula is C20H22N4OS2. The van der Waals surface area contributed by atoms with E-state index in [1.165, 1.54) is 27.3 Å². The Morgan fingerprint density at radius 2 is 2.07 bits per heavy atom. The van der Waals surface area contributed by atoms with Crippen LogP contribution < -0.4 is 10.6 Å². The van der Waals surface area contributed by atoms with E-state index >= 15 is 0 Å². The first-order valence-corrected chi connectivity index (χ1v) is 10.8. The molecule has 1 saturated heterocycles. The van der Waals surface area contributed by atoms with Crippen molar-refractivity contribution in [3.8, 4) is 10.6 Å². The molecule has 0 aliphatic carbocycles. The van der Waals surface area contributed by atoms with Crippen LogP contribution in [0.15, 0.2) is 29.8 Å². The molecule has 1 fully saturated rings. The Morgan fingerprint density at radius 3 is 2.85 bits per heavy atom. The lowest BCUT2D eigenvalue weighted by atomic mass is 9.97. The summed E-state index contributed by atoms with van der Waals surface area (Å²) >= 11 is 3.07. The summed E-state index contributed by atoms with van der Waals surface area (Å²) in [4.78, 5) is 22.8. The van der Waals surface area contributed by atoms with E-state index in [-0.39, 0.29) is 5.91 Å². The van der Waals surface area contributed by atoms with Crippen LogP contribution in [-0.2, 0) is 0 Å². The van der Waals surface area contributed by atoms with Gasteiger partial charge in [0.2, 0.25) is 0 Å². The fourth-order valence-electron chi connectivity index (χ4n) is 3.36. The third-order valence-corrected chi connectivity index (χ3v) is 6.79. The summed E-state index contributed by atoms with van der Waals surface area (Å²) in [6, 6.07) is 6.27. The molecule has 4 rings (SSSR count). The summed E-state index contributed by atoms with van der Waals surface area (Å²) in [6.07, 6.45) is 4.15. The summed E-state index contributed by atoms with van der Waals surface area (Å²) in [7, 11) is 0. The van der Waals surface area contributed by atoms with Crippen LogP contribution in [0.3, 0.4) is 0 Å². The fraction of sp³-hybridized carbons (Fsp3) is 0.350. The van der Waals surface area contributed by atoms with E-state index in [2.05, 4.69) is 52.6 Å². The molecule has 0 unspecified atom stereocenters. The number of rotatable bonds is 4. The van der Waals surface area contributed by atoms with Crippen LogP contribution in [0, 0.1) is 13.8 Å². The molecule has 1 amide bonds. The highest BCUT2D eigenvalue weighted by atomic mass is 32.1. The summed E-state index contributed by atoms with van der Waals surface area (Å²) in [5.74, 6) is 0.346. The van der Waals surface area contributed by atoms with Gasteiger partial charge in [0.1, 0.15) is 10.7 Å². The van der Waals surface area contributed by atoms with Gasteiger partial charge in [-0.15, -0.1) is 22.7 Å². The van der Waals surface area contributed by atoms with E-state index < -0.39 is 0 Å². The van der Waals surface area contributed by atoms with Crippen molar-refractivity contribution in [2.75, 3.05) is 18.4 Å². The van der Waals surface area contributed by atoms with Gasteiger partial charge in [0, 0.05) is 22.0 Å². The standard InChI is InChI=1S/C20H22N4OS2/c1-12-3-4-15(13(2)9-12)19-23-16(11-26-19)18(25)24-20-22-10-17(27-20)14-5-7-21-8-6-14/h3-4,9-11,14,21H,5-8H2,1-2H3,(H,22,24,25). The molecule has 0 spiro atoms. The van der Waals surface area contributed by atoms with Gasteiger partial charge in [-0.05, 0) is 51.3 Å². The first-order chi connectivity index (χ1) is 13.1. The molecule has 0 atom stereocenters. The third-order valence-electron chi connectivity index (χ3n) is 4.83. The highest BCUT2D eigenvalue weighted by Crippen LogP contribution is 2.32. The first kappa shape index (κ1) is 18.3. The number of aromatic nitrogens is 2. The zero-order chi connectivity index (χ0) is 18.8. The maximum absolute atomic E-state index is 12.6. The average Bonchev–Trinajstić information content (AvgIpc) is 3.32. The summed E-state index contributed by atoms with van der Waals surface area (Å²) in [6.45, 7) is 6.24. The Morgan fingerprint density at radius 1 is 1.26 bits per heavy atom. The van der Waals surface area contributed by atoms with Crippen molar-refractivity contribution in [3.05, 3.63) is 51.5 Å². The second-order valence-electron chi connectivity index (χ2n) is 6.90. The van der Waals surface area contributed by atoms with Crippen LogP contribution >= 0.6 is 22.7 Å². The number of piperidine rings is 1. The predicted octanol–water partition coefficient (Wildman–Crippen LogP) is 4.60. The van der Waals surface area contributed by atoms with Crippen LogP contribution in [0.2, 0.25) is 0 Å². The second kappa shape index (κ2) is 7.88. The second-order valence-corrected chi connectivity index (χ2v) is 8.82. The van der Waals surface area contributed by atoms with E-state index in [0.29, 0.717) is 16.7 Å². The molecule has 2 N–H and O–H groups in total. The van der Waals surface area contributed by atoms with Gasteiger partial charge in [0.15, 0.2) is 5.13 Å². The SMILES string of the molecule is Cc1ccc(-c2nc(C(=O)Nc3ncc(C4CCNCC4)s3)cs2)c(C)c1. The molecule has 140 valence electrons. The topological polar surface area (TPSA) is 66.9 Å². The number of anilines is 1. The molecule has 5 nitrogen and oxygen atoms in total. The quantitative estimate of drug-likeness (QED) is 0.674. The van der Waals surface area contributed by atoms with Crippen LogP contribution in [0.1, 0.15) is 45.3 Å². The molecule has 2 aromatic heterocycles. The minimum Gasteiger partial charge on any atom is -0.317 e. The highest BCUT2D eigenvalue weighted by molar-refractivity contribution is 7.16. The van der Waals surface area contributed by atoms with Crippen LogP contribution in [-0.4, -0.2) is 29.0 Å². The number of benzene rings is 1. The predicted molar refractivity (Wildman–Crippen MR) is 112 cm³/mol. The Hall–Kier alpha value is -2.09. The highest BCUT2D eigenvalue weighted by Gasteiger charge is 2.19. The van der Waals surface area contributed by atoms with E-state index in [4.69, 9.17) is 0 Å². The van der Waals surface area contributed by atoms with Gasteiger partial charge < -0.3 is 5.32 Å². The molecule has 27 heavy (non-hydrogen) atoms. The Kier molecular flexibility index (Phi) is 5.33. The molecule has 0 saturated carbocycles. The number of hydrogen-bond acceptors (Lipinski definition) is 6. The van der Waals surface area contributed by atoms with Crippen molar-refractivity contribution in [2.45, 2.75) is 32.6 Å². The number of nitrogens with one attached hydrogen (secondary N) is 2. The maximum atomic E-state index is 12.6. The minimum absolute atomic E-state index is 0.200. The number of thiazole rings is 2. The third kappa shape index (κ3) is 4.10. The zero-order valence-corrected chi connectivity index (χ0v) is 17.0. The van der Waals surface area contributed by atoms with Crippen molar-refractivity contribution in [1.82, 2.24) is 15.3 Å². The van der Waals surface area contributed by atoms with Crippen LogP contribution in [0.4, 0.5) is 5.13 Å². The number of nitrogens with zero attached hydrogens (tertiary/aromatic N) is 2. The van der Waals surface area contributed by atoms with Gasteiger partial charge in [-0.25, -0.2) is 9.97 Å². The van der Waals surface area contributed by atoms with E-state index in [0.717, 1.165) is 36.5 Å². The van der Waals surface area contributed by atoms with Gasteiger partial charge in [0.05, 0.1) is 0 Å². The molecule has 7 heteroatoms. The summed E-state index contributed by atoms with van der Waals surface area (Å²) in [5.41, 5.74) is 3.91. The molecule has 0 bridgehead atoms. The minimum atomic E-state index is -0.200. The largest absolute Gasteiger partial charge is 0.317 e. The number of hydrogen-bond donors (Lipinski definition) is 2. The van der Waals surface area contributed by atoms with E-state index in [9.17, 15) is 4.79 Å². The van der Waals surface area contributed by atoms with Crippen LogP contribution in [0.5, 0.6) is 0 Å². The molecule has 0 radical (unpaired) electrons. The number of carbonyl (C=O) groups is 1. The van der Waals surface area contributed by atoms with Crippen molar-refractivity contribution in [1.29, 1.82) is 0 Å². The zero-order valence-electron chi connectivity index (χ0n) is 15.4. The van der Waals surface area contributed by atoms with Gasteiger partial charge in [-0.2, -0.15) is 0 Å². The van der Waals surface area contributed by atoms with Crippen molar-refractivity contribution in [3.63, 3.8) is 0 Å². The number of amides is 1. The number of carbonyl (C=O) groups excluding carboxylic acids is 1. The summed E-state index contributed by atoms with van der Waals surface area (Å²) in [5, 5.41) is 9.60. The number of aryl methyl sites for hydroxylation is 2. The Bertz CT molecular complexity index is 957. The monoisotopic (exact) mass is 398 g/mol. The molecular weight excluding hydrogens is 376 g/mol. The molecule has 1 aliphatic rings. The van der Waals surface area contributed by atoms with Crippen molar-refractivity contribution >= 4 is 33.7 Å². The molecule has 1 aromatic carbocycles. The Labute approximate surface area is 166 Å². The van der Waals surface area contributed by atoms with Gasteiger partial charge in [-0.1, -0.05) is 23.8 Å². The van der Waals surface area contributed by atoms with Gasteiger partial charge in [0.25, 0.3) is 5.91 Å². The van der Waals surface area contributed by atoms with Crippen molar-refractivity contribution < 1.29 is 4.79 Å². The van der Waals surface area contributed by atoms with E-state index in [1.54, 1.807) is 11.3 Å². The molecule has 3 aromatic rings. The maximum Gasteiger partial charge on any atom is 0.276 e. The Balaban J connectivity index is 1.46. The normalized spacial score (nSPS) is 15.0. The lowest BCUT2D eigenvalue weighted by molar-refractivity contribution is 0.102. The van der Waals surface area contributed by atoms with Gasteiger partial charge >= 0.3 is 0 Å². The molecule has 3 heterocycles. The van der Waals surface area contributed by atoms with Crippen molar-refractivity contribution in [2.24, 2.45) is 0 Å². The summed E-state index contributed by atoms with van der Waals surface area (Å²) < 4.78 is 0.